The van der Waals surface area contributed by atoms with Gasteiger partial charge in [-0.1, -0.05) is 36.4 Å². The van der Waals surface area contributed by atoms with Crippen molar-refractivity contribution in [3.05, 3.63) is 89.2 Å². The number of carboxylic acid groups (broad SMARTS) is 1. The molecule has 8 heteroatoms. The number of benzene rings is 3. The molecule has 186 valence electrons. The molecule has 2 heterocycles. The fraction of sp³-hybridized carbons (Fsp3) is 0.286. The number of rotatable bonds is 8. The molecule has 5 rings (SSSR count). The number of carbonyl (C=O) groups excluding carboxylic acids is 1. The second kappa shape index (κ2) is 9.62. The topological polar surface area (TPSA) is 107 Å². The molecule has 1 unspecified atom stereocenters. The smallest absolute Gasteiger partial charge is 0.304 e. The van der Waals surface area contributed by atoms with E-state index in [2.05, 4.69) is 0 Å². The zero-order chi connectivity index (χ0) is 25.4. The first-order valence-electron chi connectivity index (χ1n) is 11.9. The number of phenols is 1. The number of carboxylic acids is 1. The summed E-state index contributed by atoms with van der Waals surface area (Å²) in [6.07, 6.45) is -0.185. The van der Waals surface area contributed by atoms with Crippen LogP contribution in [0.1, 0.15) is 54.0 Å². The van der Waals surface area contributed by atoms with Gasteiger partial charge in [0, 0.05) is 11.5 Å². The highest BCUT2D eigenvalue weighted by atomic mass is 19.1. The molecule has 3 aromatic carbocycles. The van der Waals surface area contributed by atoms with Gasteiger partial charge in [-0.2, -0.15) is 0 Å². The molecule has 0 aliphatic carbocycles. The maximum atomic E-state index is 13.5. The first-order valence-corrected chi connectivity index (χ1v) is 11.9. The number of aliphatic carboxylic acids is 1. The minimum atomic E-state index is -0.913. The van der Waals surface area contributed by atoms with Crippen LogP contribution >= 0.6 is 0 Å². The summed E-state index contributed by atoms with van der Waals surface area (Å²) >= 11 is 0. The van der Waals surface area contributed by atoms with Gasteiger partial charge in [0.05, 0.1) is 36.8 Å². The van der Waals surface area contributed by atoms with Crippen molar-refractivity contribution in [2.24, 2.45) is 5.92 Å². The fourth-order valence-corrected chi connectivity index (χ4v) is 5.20. The van der Waals surface area contributed by atoms with E-state index in [9.17, 15) is 29.3 Å². The first-order chi connectivity index (χ1) is 17.3. The van der Waals surface area contributed by atoms with E-state index in [4.69, 9.17) is 4.74 Å². The Morgan fingerprint density at radius 3 is 2.50 bits per heavy atom. The Morgan fingerprint density at radius 1 is 1.08 bits per heavy atom. The number of hydrogen-bond donors (Lipinski definition) is 3. The van der Waals surface area contributed by atoms with E-state index in [1.165, 1.54) is 24.3 Å². The van der Waals surface area contributed by atoms with Gasteiger partial charge in [0.2, 0.25) is 5.91 Å². The third-order valence-electron chi connectivity index (χ3n) is 7.03. The predicted molar refractivity (Wildman–Crippen MR) is 129 cm³/mol. The molecule has 3 N–H and O–H groups in total. The largest absolute Gasteiger partial charge is 0.508 e. The zero-order valence-electron chi connectivity index (χ0n) is 19.4. The molecule has 1 saturated heterocycles. The van der Waals surface area contributed by atoms with E-state index < -0.39 is 18.0 Å². The molecule has 36 heavy (non-hydrogen) atoms. The number of nitrogens with zero attached hydrogens (tertiary/aromatic N) is 1. The van der Waals surface area contributed by atoms with Crippen molar-refractivity contribution in [3.63, 3.8) is 0 Å². The molecule has 3 aromatic rings. The van der Waals surface area contributed by atoms with Crippen LogP contribution in [0.2, 0.25) is 0 Å². The maximum Gasteiger partial charge on any atom is 0.304 e. The van der Waals surface area contributed by atoms with Crippen LogP contribution in [0.3, 0.4) is 0 Å². The summed E-state index contributed by atoms with van der Waals surface area (Å²) in [5.74, 6) is -1.50. The molecule has 0 saturated carbocycles. The number of anilines is 1. The Morgan fingerprint density at radius 2 is 1.81 bits per heavy atom. The van der Waals surface area contributed by atoms with Crippen LogP contribution in [0.25, 0.3) is 0 Å². The van der Waals surface area contributed by atoms with Crippen molar-refractivity contribution in [1.82, 2.24) is 0 Å². The number of hydrogen-bond acceptors (Lipinski definition) is 5. The minimum absolute atomic E-state index is 0.0598. The van der Waals surface area contributed by atoms with Gasteiger partial charge < -0.3 is 25.0 Å². The zero-order valence-corrected chi connectivity index (χ0v) is 19.4. The monoisotopic (exact) mass is 491 g/mol. The quantitative estimate of drug-likeness (QED) is 0.395. The SMILES string of the molecule is O=C(O)CC1COc2c1cccc2N1C(=O)[C@H](CC[C@H](O)c2ccc(F)cc2)[C@H]1c1ccc(O)cc1. The van der Waals surface area contributed by atoms with E-state index >= 15 is 0 Å². The Hall–Kier alpha value is -3.91. The number of phenolic OH excluding ortho intramolecular Hbond substituents is 1. The van der Waals surface area contributed by atoms with Gasteiger partial charge in [-0.05, 0) is 54.3 Å². The second-order valence-electron chi connectivity index (χ2n) is 9.30. The molecule has 0 radical (unpaired) electrons. The number of para-hydroxylation sites is 1. The average molecular weight is 492 g/mol. The number of aliphatic hydroxyl groups excluding tert-OH is 1. The molecule has 0 spiro atoms. The molecule has 2 aliphatic rings. The highest BCUT2D eigenvalue weighted by molar-refractivity contribution is 6.04. The lowest BCUT2D eigenvalue weighted by Crippen LogP contribution is -2.55. The van der Waals surface area contributed by atoms with Crippen LogP contribution in [-0.2, 0) is 9.59 Å². The van der Waals surface area contributed by atoms with Crippen molar-refractivity contribution < 1.29 is 34.0 Å². The summed E-state index contributed by atoms with van der Waals surface area (Å²) in [5.41, 5.74) is 2.76. The number of aromatic hydroxyl groups is 1. The van der Waals surface area contributed by atoms with Gasteiger partial charge >= 0.3 is 5.97 Å². The fourth-order valence-electron chi connectivity index (χ4n) is 5.20. The first kappa shape index (κ1) is 23.8. The lowest BCUT2D eigenvalue weighted by atomic mass is 9.78. The molecule has 1 amide bonds. The molecule has 4 atom stereocenters. The normalized spacial score (nSPS) is 21.4. The number of carbonyl (C=O) groups is 2. The second-order valence-corrected chi connectivity index (χ2v) is 9.30. The lowest BCUT2D eigenvalue weighted by molar-refractivity contribution is -0.137. The lowest BCUT2D eigenvalue weighted by Gasteiger charge is -2.48. The standard InChI is InChI=1S/C28H26FNO6/c29-19-8-4-16(5-9-19)24(32)13-12-22-26(17-6-10-20(31)11-7-17)30(28(22)35)23-3-1-2-21-18(14-25(33)34)15-36-27(21)23/h1-11,18,22,24,26,31-32H,12-15H2,(H,33,34)/t18?,22-,24+,26-/m1/s1. The summed E-state index contributed by atoms with van der Waals surface area (Å²) < 4.78 is 19.1. The summed E-state index contributed by atoms with van der Waals surface area (Å²) in [4.78, 5) is 26.4. The predicted octanol–water partition coefficient (Wildman–Crippen LogP) is 4.70. The summed E-state index contributed by atoms with van der Waals surface area (Å²) in [6, 6.07) is 17.4. The highest BCUT2D eigenvalue weighted by Crippen LogP contribution is 2.52. The number of halogens is 1. The number of aliphatic hydroxyl groups is 1. The molecule has 0 aromatic heterocycles. The summed E-state index contributed by atoms with van der Waals surface area (Å²) in [5, 5.41) is 29.6. The van der Waals surface area contributed by atoms with Crippen LogP contribution in [-0.4, -0.2) is 33.8 Å². The number of fused-ring (bicyclic) bond motifs is 1. The van der Waals surface area contributed by atoms with Crippen LogP contribution < -0.4 is 9.64 Å². The van der Waals surface area contributed by atoms with Crippen molar-refractivity contribution >= 4 is 17.6 Å². The van der Waals surface area contributed by atoms with Gasteiger partial charge in [-0.25, -0.2) is 4.39 Å². The van der Waals surface area contributed by atoms with E-state index in [0.29, 0.717) is 29.8 Å². The van der Waals surface area contributed by atoms with Gasteiger partial charge in [0.25, 0.3) is 0 Å². The van der Waals surface area contributed by atoms with E-state index in [1.807, 2.05) is 6.07 Å². The van der Waals surface area contributed by atoms with Crippen molar-refractivity contribution in [1.29, 1.82) is 0 Å². The Balaban J connectivity index is 1.42. The third-order valence-corrected chi connectivity index (χ3v) is 7.03. The average Bonchev–Trinajstić information content (AvgIpc) is 3.26. The van der Waals surface area contributed by atoms with E-state index in [0.717, 1.165) is 11.1 Å². The number of amides is 1. The van der Waals surface area contributed by atoms with Crippen LogP contribution in [0.5, 0.6) is 11.5 Å². The summed E-state index contributed by atoms with van der Waals surface area (Å²) in [7, 11) is 0. The molecule has 0 bridgehead atoms. The number of β-lactam (4-membered cyclic amide) rings is 1. The van der Waals surface area contributed by atoms with Crippen molar-refractivity contribution in [3.8, 4) is 11.5 Å². The van der Waals surface area contributed by atoms with Crippen LogP contribution in [0.4, 0.5) is 10.1 Å². The molecule has 1 fully saturated rings. The molecule has 2 aliphatic heterocycles. The summed E-state index contributed by atoms with van der Waals surface area (Å²) in [6.45, 7) is 0.234. The maximum absolute atomic E-state index is 13.5. The van der Waals surface area contributed by atoms with Crippen molar-refractivity contribution in [2.45, 2.75) is 37.3 Å². The van der Waals surface area contributed by atoms with E-state index in [1.54, 1.807) is 41.3 Å². The Kier molecular flexibility index (Phi) is 6.36. The molecule has 7 nitrogen and oxygen atoms in total. The third kappa shape index (κ3) is 4.40. The Bertz CT molecular complexity index is 1280. The van der Waals surface area contributed by atoms with Gasteiger partial charge in [0.15, 0.2) is 0 Å². The van der Waals surface area contributed by atoms with Gasteiger partial charge in [-0.3, -0.25) is 9.59 Å². The highest BCUT2D eigenvalue weighted by Gasteiger charge is 2.50. The van der Waals surface area contributed by atoms with Crippen molar-refractivity contribution in [2.75, 3.05) is 11.5 Å². The van der Waals surface area contributed by atoms with Crippen LogP contribution in [0, 0.1) is 11.7 Å². The molecular formula is C28H26FNO6. The minimum Gasteiger partial charge on any atom is -0.508 e. The van der Waals surface area contributed by atoms with Crippen LogP contribution in [0.15, 0.2) is 66.7 Å². The Labute approximate surface area is 207 Å². The van der Waals surface area contributed by atoms with Gasteiger partial charge in [-0.15, -0.1) is 0 Å². The number of ether oxygens (including phenoxy) is 1. The van der Waals surface area contributed by atoms with E-state index in [-0.39, 0.29) is 42.5 Å². The van der Waals surface area contributed by atoms with Gasteiger partial charge in [0.1, 0.15) is 17.3 Å². The molecular weight excluding hydrogens is 465 g/mol.